The number of aromatic nitrogens is 2. The number of anilines is 1. The molecule has 0 fully saturated rings. The largest absolute Gasteiger partial charge is 0.491 e. The Morgan fingerprint density at radius 1 is 1.33 bits per heavy atom. The first-order valence-electron chi connectivity index (χ1n) is 8.72. The second kappa shape index (κ2) is 9.87. The maximum atomic E-state index is 13.9. The predicted molar refractivity (Wildman–Crippen MR) is 104 cm³/mol. The van der Waals surface area contributed by atoms with Crippen LogP contribution in [0, 0.1) is 5.82 Å². The molecular weight excluding hydrogens is 421 g/mol. The van der Waals surface area contributed by atoms with E-state index in [0.717, 1.165) is 11.8 Å². The molecule has 0 bridgehead atoms. The summed E-state index contributed by atoms with van der Waals surface area (Å²) in [4.78, 5) is 26.1. The number of hydrogen-bond acceptors (Lipinski definition) is 6. The standard InChI is InChI=1S/C14H16FN3O3S.C4H4O4/c1-2-22(19,20)18-12-6-9(15)5-11-10(3-4-21-14(11)12)13-7-16-8-17-13;5-3(6)1-2-4(7)8/h5-8,10,18H,2-4H2,1H3,(H,16,17);1-2H,(H,5,6)(H,7,8)/b;2-1-. The van der Waals surface area contributed by atoms with Crippen LogP contribution in [0.15, 0.2) is 36.8 Å². The van der Waals surface area contributed by atoms with E-state index in [9.17, 15) is 22.4 Å². The summed E-state index contributed by atoms with van der Waals surface area (Å²) >= 11 is 0. The minimum absolute atomic E-state index is 0.0950. The SMILES string of the molecule is CCS(=O)(=O)Nc1cc(F)cc2c1OCCC2c1cnc[nH]1.O=C(O)/C=C\C(=O)O. The smallest absolute Gasteiger partial charge is 0.328 e. The van der Waals surface area contributed by atoms with Crippen LogP contribution in [0.25, 0.3) is 0 Å². The molecule has 1 atom stereocenters. The molecule has 0 radical (unpaired) electrons. The first kappa shape index (κ1) is 22.9. The van der Waals surface area contributed by atoms with Gasteiger partial charge in [0.25, 0.3) is 0 Å². The lowest BCUT2D eigenvalue weighted by atomic mass is 9.90. The number of nitrogens with one attached hydrogen (secondary N) is 2. The van der Waals surface area contributed by atoms with Crippen molar-refractivity contribution in [2.45, 2.75) is 19.3 Å². The third kappa shape index (κ3) is 6.30. The fraction of sp³-hybridized carbons (Fsp3) is 0.278. The topological polar surface area (TPSA) is 159 Å². The van der Waals surface area contributed by atoms with Gasteiger partial charge in [-0.25, -0.2) is 27.4 Å². The minimum atomic E-state index is -3.51. The van der Waals surface area contributed by atoms with Gasteiger partial charge in [0, 0.05) is 41.6 Å². The van der Waals surface area contributed by atoms with E-state index in [1.54, 1.807) is 12.5 Å². The average molecular weight is 441 g/mol. The van der Waals surface area contributed by atoms with Gasteiger partial charge in [-0.2, -0.15) is 0 Å². The normalized spacial score (nSPS) is 15.5. The summed E-state index contributed by atoms with van der Waals surface area (Å²) in [7, 11) is -3.51. The molecule has 30 heavy (non-hydrogen) atoms. The molecule has 0 aliphatic carbocycles. The highest BCUT2D eigenvalue weighted by molar-refractivity contribution is 7.92. The first-order chi connectivity index (χ1) is 14.1. The average Bonchev–Trinajstić information content (AvgIpc) is 3.21. The van der Waals surface area contributed by atoms with Crippen LogP contribution < -0.4 is 9.46 Å². The molecular formula is C18H20FN3O7S. The van der Waals surface area contributed by atoms with Crippen LogP contribution in [-0.2, 0) is 19.6 Å². The Kier molecular flexibility index (Phi) is 7.53. The van der Waals surface area contributed by atoms with Gasteiger partial charge >= 0.3 is 11.9 Å². The van der Waals surface area contributed by atoms with Crippen molar-refractivity contribution in [3.8, 4) is 5.75 Å². The summed E-state index contributed by atoms with van der Waals surface area (Å²) < 4.78 is 45.5. The molecule has 4 N–H and O–H groups in total. The van der Waals surface area contributed by atoms with Crippen molar-refractivity contribution in [3.05, 3.63) is 53.9 Å². The van der Waals surface area contributed by atoms with Crippen molar-refractivity contribution in [3.63, 3.8) is 0 Å². The molecule has 0 spiro atoms. The zero-order valence-corrected chi connectivity index (χ0v) is 16.6. The molecule has 12 heteroatoms. The number of imidazole rings is 1. The van der Waals surface area contributed by atoms with Crippen LogP contribution >= 0.6 is 0 Å². The van der Waals surface area contributed by atoms with Crippen LogP contribution in [-0.4, -0.2) is 52.9 Å². The number of hydrogen-bond donors (Lipinski definition) is 4. The molecule has 1 aromatic heterocycles. The second-order valence-electron chi connectivity index (χ2n) is 6.08. The highest BCUT2D eigenvalue weighted by atomic mass is 32.2. The molecule has 162 valence electrons. The lowest BCUT2D eigenvalue weighted by molar-refractivity contribution is -0.134. The number of carbonyl (C=O) groups is 2. The van der Waals surface area contributed by atoms with Crippen LogP contribution in [0.2, 0.25) is 0 Å². The molecule has 0 saturated heterocycles. The number of sulfonamides is 1. The Morgan fingerprint density at radius 3 is 2.53 bits per heavy atom. The number of carboxylic acids is 2. The van der Waals surface area contributed by atoms with E-state index in [4.69, 9.17) is 14.9 Å². The molecule has 10 nitrogen and oxygen atoms in total. The summed E-state index contributed by atoms with van der Waals surface area (Å²) in [5.74, 6) is -2.85. The van der Waals surface area contributed by atoms with Crippen LogP contribution in [0.5, 0.6) is 5.75 Å². The molecule has 1 aliphatic heterocycles. The number of ether oxygens (including phenoxy) is 1. The number of aromatic amines is 1. The summed E-state index contributed by atoms with van der Waals surface area (Å²) in [6.07, 6.45) is 5.02. The molecule has 1 aromatic carbocycles. The van der Waals surface area contributed by atoms with Gasteiger partial charge in [-0.05, 0) is 19.4 Å². The summed E-state index contributed by atoms with van der Waals surface area (Å²) in [5, 5.41) is 15.6. The number of H-pyrrole nitrogens is 1. The quantitative estimate of drug-likeness (QED) is 0.495. The third-order valence-corrected chi connectivity index (χ3v) is 5.31. The van der Waals surface area contributed by atoms with E-state index in [1.165, 1.54) is 13.0 Å². The summed E-state index contributed by atoms with van der Waals surface area (Å²) in [6.45, 7) is 1.94. The van der Waals surface area contributed by atoms with Gasteiger partial charge in [0.2, 0.25) is 10.0 Å². The molecule has 0 saturated carbocycles. The number of carboxylic acid groups (broad SMARTS) is 2. The van der Waals surface area contributed by atoms with E-state index in [2.05, 4.69) is 14.7 Å². The van der Waals surface area contributed by atoms with Crippen LogP contribution in [0.4, 0.5) is 10.1 Å². The van der Waals surface area contributed by atoms with E-state index in [-0.39, 0.29) is 17.4 Å². The van der Waals surface area contributed by atoms with Crippen molar-refractivity contribution < 1.29 is 37.3 Å². The fourth-order valence-electron chi connectivity index (χ4n) is 2.71. The van der Waals surface area contributed by atoms with Crippen molar-refractivity contribution in [1.82, 2.24) is 9.97 Å². The highest BCUT2D eigenvalue weighted by Gasteiger charge is 2.28. The maximum absolute atomic E-state index is 13.9. The predicted octanol–water partition coefficient (Wildman–Crippen LogP) is 1.94. The van der Waals surface area contributed by atoms with Gasteiger partial charge < -0.3 is 19.9 Å². The lowest BCUT2D eigenvalue weighted by Gasteiger charge is -2.27. The second-order valence-corrected chi connectivity index (χ2v) is 8.09. The van der Waals surface area contributed by atoms with E-state index in [1.807, 2.05) is 0 Å². The van der Waals surface area contributed by atoms with Crippen molar-refractivity contribution in [1.29, 1.82) is 0 Å². The molecule has 3 rings (SSSR count). The van der Waals surface area contributed by atoms with Crippen LogP contribution in [0.1, 0.15) is 30.5 Å². The Hall–Kier alpha value is -3.41. The molecule has 2 aromatic rings. The number of nitrogens with zero attached hydrogens (tertiary/aromatic N) is 1. The van der Waals surface area contributed by atoms with Gasteiger partial charge in [0.05, 0.1) is 24.4 Å². The number of rotatable bonds is 6. The Morgan fingerprint density at radius 2 is 2.00 bits per heavy atom. The van der Waals surface area contributed by atoms with E-state index in [0.29, 0.717) is 36.5 Å². The zero-order chi connectivity index (χ0) is 22.3. The van der Waals surface area contributed by atoms with Crippen LogP contribution in [0.3, 0.4) is 0 Å². The van der Waals surface area contributed by atoms with Crippen molar-refractivity contribution >= 4 is 27.6 Å². The number of halogens is 1. The van der Waals surface area contributed by atoms with Gasteiger partial charge in [-0.15, -0.1) is 0 Å². The molecule has 0 amide bonds. The van der Waals surface area contributed by atoms with Gasteiger partial charge in [-0.3, -0.25) is 4.72 Å². The number of benzene rings is 1. The molecule has 1 unspecified atom stereocenters. The minimum Gasteiger partial charge on any atom is -0.491 e. The Bertz CT molecular complexity index is 1020. The number of aliphatic carboxylic acids is 2. The summed E-state index contributed by atoms with van der Waals surface area (Å²) in [6, 6.07) is 2.52. The van der Waals surface area contributed by atoms with Crippen molar-refractivity contribution in [2.75, 3.05) is 17.1 Å². The molecule has 2 heterocycles. The Balaban J connectivity index is 0.000000343. The summed E-state index contributed by atoms with van der Waals surface area (Å²) in [5.41, 5.74) is 1.60. The van der Waals surface area contributed by atoms with Gasteiger partial charge in [-0.1, -0.05) is 0 Å². The van der Waals surface area contributed by atoms with E-state index < -0.39 is 27.8 Å². The van der Waals surface area contributed by atoms with Gasteiger partial charge in [0.15, 0.2) is 0 Å². The zero-order valence-electron chi connectivity index (χ0n) is 15.8. The number of fused-ring (bicyclic) bond motifs is 1. The maximum Gasteiger partial charge on any atom is 0.328 e. The lowest BCUT2D eigenvalue weighted by Crippen LogP contribution is -2.20. The third-order valence-electron chi connectivity index (χ3n) is 4.02. The molecule has 1 aliphatic rings. The van der Waals surface area contributed by atoms with Crippen molar-refractivity contribution in [2.24, 2.45) is 0 Å². The van der Waals surface area contributed by atoms with Gasteiger partial charge in [0.1, 0.15) is 11.6 Å². The monoisotopic (exact) mass is 441 g/mol. The first-order valence-corrected chi connectivity index (χ1v) is 10.4. The van der Waals surface area contributed by atoms with E-state index >= 15 is 0 Å². The Labute approximate surface area is 171 Å². The highest BCUT2D eigenvalue weighted by Crippen LogP contribution is 2.42. The fourth-order valence-corrected chi connectivity index (χ4v) is 3.34.